The molecule has 20 heavy (non-hydrogen) atoms. The molecule has 3 rings (SSSR count). The molecule has 0 radical (unpaired) electrons. The van der Waals surface area contributed by atoms with E-state index in [0.717, 1.165) is 26.7 Å². The van der Waals surface area contributed by atoms with Gasteiger partial charge in [-0.3, -0.25) is 0 Å². The van der Waals surface area contributed by atoms with Crippen molar-refractivity contribution < 1.29 is 0 Å². The zero-order chi connectivity index (χ0) is 13.9. The zero-order valence-electron chi connectivity index (χ0n) is 11.1. The average Bonchev–Trinajstić information content (AvgIpc) is 2.93. The van der Waals surface area contributed by atoms with Gasteiger partial charge in [0.1, 0.15) is 0 Å². The summed E-state index contributed by atoms with van der Waals surface area (Å²) in [5.74, 6) is 0.650. The standard InChI is InChI=1S/C15H14N4S/c1-10-8-17-14(18-9-10)15-19-13(12(7-16)20-15)11-5-3-2-4-6-11/h2-6,8-9H,7,16H2,1H3. The summed E-state index contributed by atoms with van der Waals surface area (Å²) in [6, 6.07) is 10.1. The van der Waals surface area contributed by atoms with Gasteiger partial charge in [-0.15, -0.1) is 11.3 Å². The highest BCUT2D eigenvalue weighted by atomic mass is 32.1. The molecule has 2 N–H and O–H groups in total. The van der Waals surface area contributed by atoms with Gasteiger partial charge in [0, 0.05) is 29.4 Å². The van der Waals surface area contributed by atoms with Gasteiger partial charge in [-0.05, 0) is 12.5 Å². The monoisotopic (exact) mass is 282 g/mol. The average molecular weight is 282 g/mol. The molecule has 5 heteroatoms. The van der Waals surface area contributed by atoms with Gasteiger partial charge in [-0.1, -0.05) is 30.3 Å². The van der Waals surface area contributed by atoms with E-state index in [1.54, 1.807) is 23.7 Å². The number of aromatic nitrogens is 3. The van der Waals surface area contributed by atoms with E-state index in [1.807, 2.05) is 37.3 Å². The van der Waals surface area contributed by atoms with Crippen molar-refractivity contribution in [2.75, 3.05) is 0 Å². The summed E-state index contributed by atoms with van der Waals surface area (Å²) >= 11 is 1.55. The van der Waals surface area contributed by atoms with Crippen LogP contribution in [0.1, 0.15) is 10.4 Å². The van der Waals surface area contributed by atoms with E-state index >= 15 is 0 Å². The lowest BCUT2D eigenvalue weighted by Gasteiger charge is -1.98. The minimum Gasteiger partial charge on any atom is -0.326 e. The summed E-state index contributed by atoms with van der Waals surface area (Å²) in [6.07, 6.45) is 3.60. The normalized spacial score (nSPS) is 10.7. The molecule has 0 spiro atoms. The lowest BCUT2D eigenvalue weighted by atomic mass is 10.1. The van der Waals surface area contributed by atoms with Crippen LogP contribution < -0.4 is 5.73 Å². The Morgan fingerprint density at radius 2 is 1.80 bits per heavy atom. The molecule has 0 aliphatic rings. The Morgan fingerprint density at radius 3 is 2.45 bits per heavy atom. The van der Waals surface area contributed by atoms with Gasteiger partial charge in [0.25, 0.3) is 0 Å². The van der Waals surface area contributed by atoms with Crippen LogP contribution in [0.4, 0.5) is 0 Å². The Kier molecular flexibility index (Phi) is 3.54. The molecule has 0 saturated heterocycles. The number of hydrogen-bond donors (Lipinski definition) is 1. The first kappa shape index (κ1) is 12.9. The summed E-state index contributed by atoms with van der Waals surface area (Å²) in [4.78, 5) is 14.4. The van der Waals surface area contributed by atoms with Gasteiger partial charge in [0.15, 0.2) is 10.8 Å². The van der Waals surface area contributed by atoms with Gasteiger partial charge in [-0.2, -0.15) is 0 Å². The van der Waals surface area contributed by atoms with E-state index in [4.69, 9.17) is 5.73 Å². The van der Waals surface area contributed by atoms with Gasteiger partial charge < -0.3 is 5.73 Å². The van der Waals surface area contributed by atoms with Gasteiger partial charge >= 0.3 is 0 Å². The molecule has 0 atom stereocenters. The highest BCUT2D eigenvalue weighted by Crippen LogP contribution is 2.31. The Morgan fingerprint density at radius 1 is 1.10 bits per heavy atom. The van der Waals surface area contributed by atoms with Crippen molar-refractivity contribution in [1.29, 1.82) is 0 Å². The molecule has 0 aliphatic heterocycles. The minimum atomic E-state index is 0.466. The van der Waals surface area contributed by atoms with Crippen LogP contribution in [-0.4, -0.2) is 15.0 Å². The third kappa shape index (κ3) is 2.45. The summed E-state index contributed by atoms with van der Waals surface area (Å²) < 4.78 is 0. The molecular formula is C15H14N4S. The van der Waals surface area contributed by atoms with Crippen LogP contribution in [0.15, 0.2) is 42.7 Å². The quantitative estimate of drug-likeness (QED) is 0.802. The Bertz CT molecular complexity index is 704. The summed E-state index contributed by atoms with van der Waals surface area (Å²) in [7, 11) is 0. The summed E-state index contributed by atoms with van der Waals surface area (Å²) in [5, 5.41) is 0.810. The van der Waals surface area contributed by atoms with Crippen LogP contribution >= 0.6 is 11.3 Å². The summed E-state index contributed by atoms with van der Waals surface area (Å²) in [5.41, 5.74) is 8.87. The van der Waals surface area contributed by atoms with Gasteiger partial charge in [0.05, 0.1) is 5.69 Å². The van der Waals surface area contributed by atoms with Crippen molar-refractivity contribution in [3.63, 3.8) is 0 Å². The number of thiazole rings is 1. The number of nitrogens with two attached hydrogens (primary N) is 1. The van der Waals surface area contributed by atoms with Crippen LogP contribution in [0.3, 0.4) is 0 Å². The van der Waals surface area contributed by atoms with Crippen molar-refractivity contribution in [3.8, 4) is 22.1 Å². The van der Waals surface area contributed by atoms with Crippen LogP contribution in [-0.2, 0) is 6.54 Å². The molecule has 0 aliphatic carbocycles. The molecule has 2 heterocycles. The van der Waals surface area contributed by atoms with E-state index < -0.39 is 0 Å². The van der Waals surface area contributed by atoms with E-state index in [1.165, 1.54) is 0 Å². The van der Waals surface area contributed by atoms with E-state index in [9.17, 15) is 0 Å². The van der Waals surface area contributed by atoms with Crippen LogP contribution in [0.2, 0.25) is 0 Å². The number of hydrogen-bond acceptors (Lipinski definition) is 5. The molecule has 1 aromatic carbocycles. The van der Waals surface area contributed by atoms with Crippen LogP contribution in [0, 0.1) is 6.92 Å². The molecule has 0 bridgehead atoms. The van der Waals surface area contributed by atoms with Crippen molar-refractivity contribution in [3.05, 3.63) is 53.2 Å². The molecular weight excluding hydrogens is 268 g/mol. The lowest BCUT2D eigenvalue weighted by Crippen LogP contribution is -1.95. The number of nitrogens with zero attached hydrogens (tertiary/aromatic N) is 3. The lowest BCUT2D eigenvalue weighted by molar-refractivity contribution is 1.10. The largest absolute Gasteiger partial charge is 0.326 e. The third-order valence-corrected chi connectivity index (χ3v) is 3.98. The first-order valence-corrected chi connectivity index (χ1v) is 7.14. The topological polar surface area (TPSA) is 64.7 Å². The first-order chi connectivity index (χ1) is 9.78. The van der Waals surface area contributed by atoms with Gasteiger partial charge in [0.2, 0.25) is 0 Å². The molecule has 2 aromatic heterocycles. The third-order valence-electron chi connectivity index (χ3n) is 2.90. The van der Waals surface area contributed by atoms with E-state index in [2.05, 4.69) is 15.0 Å². The number of benzene rings is 1. The fourth-order valence-electron chi connectivity index (χ4n) is 1.91. The van der Waals surface area contributed by atoms with Crippen molar-refractivity contribution in [1.82, 2.24) is 15.0 Å². The zero-order valence-corrected chi connectivity index (χ0v) is 11.9. The highest BCUT2D eigenvalue weighted by Gasteiger charge is 2.14. The Hall–Kier alpha value is -2.11. The minimum absolute atomic E-state index is 0.466. The molecule has 4 nitrogen and oxygen atoms in total. The maximum Gasteiger partial charge on any atom is 0.188 e. The molecule has 0 saturated carbocycles. The number of rotatable bonds is 3. The summed E-state index contributed by atoms with van der Waals surface area (Å²) in [6.45, 7) is 2.43. The second-order valence-electron chi connectivity index (χ2n) is 4.44. The van der Waals surface area contributed by atoms with Gasteiger partial charge in [-0.25, -0.2) is 15.0 Å². The predicted octanol–water partition coefficient (Wildman–Crippen LogP) is 3.03. The second-order valence-corrected chi connectivity index (χ2v) is 5.53. The predicted molar refractivity (Wildman–Crippen MR) is 81.2 cm³/mol. The maximum absolute atomic E-state index is 5.83. The smallest absolute Gasteiger partial charge is 0.188 e. The van der Waals surface area contributed by atoms with Crippen molar-refractivity contribution in [2.24, 2.45) is 5.73 Å². The number of aryl methyl sites for hydroxylation is 1. The fraction of sp³-hybridized carbons (Fsp3) is 0.133. The molecule has 100 valence electrons. The SMILES string of the molecule is Cc1cnc(-c2nc(-c3ccccc3)c(CN)s2)nc1. The molecule has 0 unspecified atom stereocenters. The van der Waals surface area contributed by atoms with E-state index in [-0.39, 0.29) is 0 Å². The van der Waals surface area contributed by atoms with Crippen LogP contribution in [0.5, 0.6) is 0 Å². The van der Waals surface area contributed by atoms with Crippen LogP contribution in [0.25, 0.3) is 22.1 Å². The molecule has 0 fully saturated rings. The first-order valence-electron chi connectivity index (χ1n) is 6.32. The maximum atomic E-state index is 5.83. The molecule has 3 aromatic rings. The Labute approximate surface area is 121 Å². The van der Waals surface area contributed by atoms with Crippen molar-refractivity contribution in [2.45, 2.75) is 13.5 Å². The Balaban J connectivity index is 2.07. The molecule has 0 amide bonds. The fourth-order valence-corrected chi connectivity index (χ4v) is 2.82. The second kappa shape index (κ2) is 5.48. The van der Waals surface area contributed by atoms with E-state index in [0.29, 0.717) is 12.4 Å². The highest BCUT2D eigenvalue weighted by molar-refractivity contribution is 7.15. The van der Waals surface area contributed by atoms with Crippen molar-refractivity contribution >= 4 is 11.3 Å².